The molecule has 0 fully saturated rings. The van der Waals surface area contributed by atoms with Crippen molar-refractivity contribution < 1.29 is 4.79 Å². The number of carbonyl (C=O) groups is 1. The molecule has 2 N–H and O–H groups in total. The van der Waals surface area contributed by atoms with Crippen LogP contribution in [-0.2, 0) is 0 Å². The Bertz CT molecular complexity index is 767. The highest BCUT2D eigenvalue weighted by atomic mass is 16.1. The molecule has 1 heterocycles. The summed E-state index contributed by atoms with van der Waals surface area (Å²) in [6.45, 7) is 4.11. The summed E-state index contributed by atoms with van der Waals surface area (Å²) in [5, 5.41) is 4.30. The Balaban J connectivity index is 2.13. The third-order valence-corrected chi connectivity index (χ3v) is 3.60. The number of H-pyrrole nitrogens is 1. The zero-order chi connectivity index (χ0) is 14.1. The number of aryl methyl sites for hydroxylation is 2. The van der Waals surface area contributed by atoms with Gasteiger partial charge in [0.1, 0.15) is 5.82 Å². The van der Waals surface area contributed by atoms with Crippen molar-refractivity contribution in [2.75, 3.05) is 5.32 Å². The number of carbonyl (C=O) groups excluding carboxylic acids is 1. The highest BCUT2D eigenvalue weighted by Crippen LogP contribution is 2.29. The summed E-state index contributed by atoms with van der Waals surface area (Å²) in [6.07, 6.45) is 0.898. The van der Waals surface area contributed by atoms with Crippen molar-refractivity contribution in [2.45, 2.75) is 13.8 Å². The van der Waals surface area contributed by atoms with E-state index in [1.54, 1.807) is 0 Å². The molecule has 0 saturated heterocycles. The second-order valence-electron chi connectivity index (χ2n) is 4.97. The fourth-order valence-electron chi connectivity index (χ4n) is 2.52. The van der Waals surface area contributed by atoms with E-state index in [2.05, 4.69) is 36.3 Å². The van der Waals surface area contributed by atoms with Gasteiger partial charge in [-0.15, -0.1) is 0 Å². The van der Waals surface area contributed by atoms with Gasteiger partial charge >= 0.3 is 0 Å². The summed E-state index contributed by atoms with van der Waals surface area (Å²) in [5.41, 5.74) is 4.98. The van der Waals surface area contributed by atoms with Gasteiger partial charge in [0.25, 0.3) is 0 Å². The van der Waals surface area contributed by atoms with E-state index in [-0.39, 0.29) is 0 Å². The van der Waals surface area contributed by atoms with Crippen molar-refractivity contribution in [3.05, 3.63) is 59.2 Å². The minimum absolute atomic E-state index is 0.670. The normalized spacial score (nSPS) is 10.7. The molecule has 0 aliphatic rings. The van der Waals surface area contributed by atoms with Crippen LogP contribution in [0.2, 0.25) is 0 Å². The van der Waals surface area contributed by atoms with Crippen LogP contribution in [0, 0.1) is 13.8 Å². The van der Waals surface area contributed by atoms with E-state index in [0.29, 0.717) is 5.56 Å². The number of aromatic nitrogens is 1. The monoisotopic (exact) mass is 264 g/mol. The van der Waals surface area contributed by atoms with Crippen LogP contribution in [0.1, 0.15) is 21.5 Å². The summed E-state index contributed by atoms with van der Waals surface area (Å²) in [6, 6.07) is 13.9. The summed E-state index contributed by atoms with van der Waals surface area (Å²) in [7, 11) is 0. The van der Waals surface area contributed by atoms with Crippen molar-refractivity contribution in [3.8, 4) is 0 Å². The van der Waals surface area contributed by atoms with Gasteiger partial charge in [0.2, 0.25) is 0 Å². The molecule has 0 amide bonds. The molecule has 2 aromatic carbocycles. The van der Waals surface area contributed by atoms with E-state index in [4.69, 9.17) is 0 Å². The molecule has 3 rings (SSSR count). The zero-order valence-electron chi connectivity index (χ0n) is 11.5. The SMILES string of the molecule is Cc1cccc(C)c1Nc1[nH]c2ccccc2c1C=O. The number of rotatable bonds is 3. The Hall–Kier alpha value is -2.55. The first kappa shape index (κ1) is 12.5. The lowest BCUT2D eigenvalue weighted by Gasteiger charge is -2.11. The highest BCUT2D eigenvalue weighted by Gasteiger charge is 2.12. The lowest BCUT2D eigenvalue weighted by molar-refractivity contribution is 0.112. The fourth-order valence-corrected chi connectivity index (χ4v) is 2.52. The second-order valence-corrected chi connectivity index (χ2v) is 4.97. The molecular weight excluding hydrogens is 248 g/mol. The second kappa shape index (κ2) is 4.85. The molecule has 0 radical (unpaired) electrons. The topological polar surface area (TPSA) is 44.9 Å². The van der Waals surface area contributed by atoms with Gasteiger partial charge < -0.3 is 10.3 Å². The van der Waals surface area contributed by atoms with Gasteiger partial charge in [-0.3, -0.25) is 4.79 Å². The molecular formula is C17H16N2O. The first-order chi connectivity index (χ1) is 9.70. The smallest absolute Gasteiger partial charge is 0.154 e. The number of nitrogens with one attached hydrogen (secondary N) is 2. The lowest BCUT2D eigenvalue weighted by atomic mass is 10.1. The van der Waals surface area contributed by atoms with Gasteiger partial charge in [-0.25, -0.2) is 0 Å². The molecule has 3 aromatic rings. The number of hydrogen-bond acceptors (Lipinski definition) is 2. The van der Waals surface area contributed by atoms with Gasteiger partial charge in [0, 0.05) is 16.6 Å². The van der Waals surface area contributed by atoms with Crippen LogP contribution in [0.15, 0.2) is 42.5 Å². The molecule has 0 saturated carbocycles. The van der Waals surface area contributed by atoms with Gasteiger partial charge in [0.15, 0.2) is 6.29 Å². The number of fused-ring (bicyclic) bond motifs is 1. The molecule has 20 heavy (non-hydrogen) atoms. The molecule has 1 aromatic heterocycles. The fraction of sp³-hybridized carbons (Fsp3) is 0.118. The van der Waals surface area contributed by atoms with Gasteiger partial charge in [0.05, 0.1) is 5.56 Å². The van der Waals surface area contributed by atoms with Crippen LogP contribution in [0.4, 0.5) is 11.5 Å². The maximum absolute atomic E-state index is 11.4. The van der Waals surface area contributed by atoms with E-state index in [0.717, 1.165) is 39.8 Å². The molecule has 0 aliphatic heterocycles. The van der Waals surface area contributed by atoms with Crippen LogP contribution in [-0.4, -0.2) is 11.3 Å². The predicted octanol–water partition coefficient (Wildman–Crippen LogP) is 4.34. The van der Waals surface area contributed by atoms with E-state index in [1.807, 2.05) is 30.3 Å². The Kier molecular flexibility index (Phi) is 3.03. The number of benzene rings is 2. The van der Waals surface area contributed by atoms with Crippen LogP contribution >= 0.6 is 0 Å². The van der Waals surface area contributed by atoms with Crippen molar-refractivity contribution in [1.29, 1.82) is 0 Å². The first-order valence-electron chi connectivity index (χ1n) is 6.60. The average molecular weight is 264 g/mol. The van der Waals surface area contributed by atoms with Crippen LogP contribution in [0.25, 0.3) is 10.9 Å². The van der Waals surface area contributed by atoms with E-state index >= 15 is 0 Å². The van der Waals surface area contributed by atoms with Crippen molar-refractivity contribution >= 4 is 28.7 Å². The van der Waals surface area contributed by atoms with Crippen molar-refractivity contribution in [1.82, 2.24) is 4.98 Å². The Morgan fingerprint density at radius 1 is 1.00 bits per heavy atom. The number of hydrogen-bond donors (Lipinski definition) is 2. The third-order valence-electron chi connectivity index (χ3n) is 3.60. The van der Waals surface area contributed by atoms with Gasteiger partial charge in [-0.2, -0.15) is 0 Å². The summed E-state index contributed by atoms with van der Waals surface area (Å²) in [5.74, 6) is 0.749. The number of para-hydroxylation sites is 2. The zero-order valence-corrected chi connectivity index (χ0v) is 11.5. The van der Waals surface area contributed by atoms with Crippen LogP contribution < -0.4 is 5.32 Å². The maximum Gasteiger partial charge on any atom is 0.154 e. The molecule has 0 aliphatic carbocycles. The quantitative estimate of drug-likeness (QED) is 0.691. The number of aldehydes is 1. The highest BCUT2D eigenvalue weighted by molar-refractivity contribution is 6.03. The Morgan fingerprint density at radius 2 is 1.70 bits per heavy atom. The lowest BCUT2D eigenvalue weighted by Crippen LogP contribution is -1.98. The minimum Gasteiger partial charge on any atom is -0.341 e. The number of aromatic amines is 1. The largest absolute Gasteiger partial charge is 0.341 e. The average Bonchev–Trinajstić information content (AvgIpc) is 2.80. The number of anilines is 2. The van der Waals surface area contributed by atoms with Crippen LogP contribution in [0.5, 0.6) is 0 Å². The predicted molar refractivity (Wildman–Crippen MR) is 82.9 cm³/mol. The molecule has 0 unspecified atom stereocenters. The summed E-state index contributed by atoms with van der Waals surface area (Å²) >= 11 is 0. The molecule has 100 valence electrons. The maximum atomic E-state index is 11.4. The Labute approximate surface area is 117 Å². The molecule has 3 nitrogen and oxygen atoms in total. The standard InChI is InChI=1S/C17H16N2O/c1-11-6-5-7-12(2)16(11)19-17-14(10-20)13-8-3-4-9-15(13)18-17/h3-10,18-19H,1-2H3. The van der Waals surface area contributed by atoms with Crippen molar-refractivity contribution in [3.63, 3.8) is 0 Å². The molecule has 0 bridgehead atoms. The van der Waals surface area contributed by atoms with E-state index in [1.165, 1.54) is 0 Å². The van der Waals surface area contributed by atoms with Gasteiger partial charge in [-0.05, 0) is 31.0 Å². The first-order valence-corrected chi connectivity index (χ1v) is 6.60. The molecule has 0 atom stereocenters. The van der Waals surface area contributed by atoms with Crippen LogP contribution in [0.3, 0.4) is 0 Å². The van der Waals surface area contributed by atoms with Gasteiger partial charge in [-0.1, -0.05) is 36.4 Å². The molecule has 0 spiro atoms. The van der Waals surface area contributed by atoms with E-state index < -0.39 is 0 Å². The Morgan fingerprint density at radius 3 is 2.40 bits per heavy atom. The molecule has 3 heteroatoms. The third kappa shape index (κ3) is 1.97. The van der Waals surface area contributed by atoms with E-state index in [9.17, 15) is 4.79 Å². The van der Waals surface area contributed by atoms with Crippen molar-refractivity contribution in [2.24, 2.45) is 0 Å². The summed E-state index contributed by atoms with van der Waals surface area (Å²) < 4.78 is 0. The minimum atomic E-state index is 0.670. The summed E-state index contributed by atoms with van der Waals surface area (Å²) in [4.78, 5) is 14.7.